The third-order valence-corrected chi connectivity index (χ3v) is 5.18. The number of fused-ring (bicyclic) bond motifs is 1. The number of rotatable bonds is 4. The number of hydrogen-bond donors (Lipinski definition) is 2. The molecular weight excluding hydrogens is 328 g/mol. The largest absolute Gasteiger partial charge is 0.361 e. The lowest BCUT2D eigenvalue weighted by molar-refractivity contribution is 0.0896. The van der Waals surface area contributed by atoms with E-state index in [-0.39, 0.29) is 11.9 Å². The van der Waals surface area contributed by atoms with Crippen molar-refractivity contribution in [2.45, 2.75) is 39.3 Å². The van der Waals surface area contributed by atoms with Crippen molar-refractivity contribution in [2.24, 2.45) is 0 Å². The molecule has 6 nitrogen and oxygen atoms in total. The first-order valence-electron chi connectivity index (χ1n) is 9.13. The van der Waals surface area contributed by atoms with Gasteiger partial charge < -0.3 is 14.8 Å². The number of hydrogen-bond acceptors (Lipinski definition) is 4. The number of nitrogens with one attached hydrogen (secondary N) is 2. The maximum absolute atomic E-state index is 12.6. The number of likely N-dealkylation sites (tertiary alicyclic amines) is 1. The van der Waals surface area contributed by atoms with Gasteiger partial charge in [0.2, 0.25) is 0 Å². The van der Waals surface area contributed by atoms with E-state index in [1.54, 1.807) is 0 Å². The van der Waals surface area contributed by atoms with Crippen molar-refractivity contribution in [3.8, 4) is 0 Å². The number of nitrogens with zero attached hydrogens (tertiary/aromatic N) is 2. The Morgan fingerprint density at radius 3 is 3.00 bits per heavy atom. The number of aromatic amines is 1. The van der Waals surface area contributed by atoms with Gasteiger partial charge in [-0.25, -0.2) is 0 Å². The number of H-pyrrole nitrogens is 1. The molecule has 1 aliphatic rings. The van der Waals surface area contributed by atoms with Crippen LogP contribution in [0.3, 0.4) is 0 Å². The zero-order chi connectivity index (χ0) is 18.1. The van der Waals surface area contributed by atoms with E-state index in [1.165, 1.54) is 0 Å². The molecule has 3 aromatic rings. The Morgan fingerprint density at radius 2 is 2.23 bits per heavy atom. The second-order valence-corrected chi connectivity index (χ2v) is 7.12. The highest BCUT2D eigenvalue weighted by Gasteiger charge is 2.24. The summed E-state index contributed by atoms with van der Waals surface area (Å²) in [7, 11) is 0. The maximum Gasteiger partial charge on any atom is 0.267 e. The molecule has 1 aromatic carbocycles. The molecule has 1 atom stereocenters. The minimum absolute atomic E-state index is 0.0367. The van der Waals surface area contributed by atoms with Gasteiger partial charge in [0, 0.05) is 35.6 Å². The average molecular weight is 352 g/mol. The monoisotopic (exact) mass is 352 g/mol. The average Bonchev–Trinajstić information content (AvgIpc) is 3.21. The minimum Gasteiger partial charge on any atom is -0.361 e. The SMILES string of the molecule is Cc1noc(C)c1CN1CCC[C@@H](NC(=O)c2cc3ccccc3[nH]2)C1. The first-order chi connectivity index (χ1) is 12.6. The molecule has 1 fully saturated rings. The molecule has 26 heavy (non-hydrogen) atoms. The number of amides is 1. The molecule has 0 saturated carbocycles. The number of piperidine rings is 1. The van der Waals surface area contributed by atoms with E-state index in [2.05, 4.69) is 20.4 Å². The normalized spacial score (nSPS) is 18.3. The summed E-state index contributed by atoms with van der Waals surface area (Å²) in [6.45, 7) is 6.62. The van der Waals surface area contributed by atoms with E-state index < -0.39 is 0 Å². The second-order valence-electron chi connectivity index (χ2n) is 7.12. The molecule has 1 saturated heterocycles. The fourth-order valence-electron chi connectivity index (χ4n) is 3.73. The summed E-state index contributed by atoms with van der Waals surface area (Å²) < 4.78 is 5.26. The van der Waals surface area contributed by atoms with Gasteiger partial charge in [0.25, 0.3) is 5.91 Å². The molecule has 2 aromatic heterocycles. The third kappa shape index (κ3) is 3.37. The van der Waals surface area contributed by atoms with Crippen LogP contribution >= 0.6 is 0 Å². The number of aryl methyl sites for hydroxylation is 2. The van der Waals surface area contributed by atoms with Crippen LogP contribution in [0.1, 0.15) is 40.3 Å². The molecular formula is C20H24N4O2. The first-order valence-corrected chi connectivity index (χ1v) is 9.13. The van der Waals surface area contributed by atoms with Gasteiger partial charge in [-0.15, -0.1) is 0 Å². The summed E-state index contributed by atoms with van der Waals surface area (Å²) in [4.78, 5) is 18.2. The fraction of sp³-hybridized carbons (Fsp3) is 0.400. The Balaban J connectivity index is 1.40. The van der Waals surface area contributed by atoms with Crippen LogP contribution in [0.25, 0.3) is 10.9 Å². The second kappa shape index (κ2) is 6.96. The molecule has 1 amide bonds. The van der Waals surface area contributed by atoms with Crippen LogP contribution in [-0.4, -0.2) is 40.1 Å². The summed E-state index contributed by atoms with van der Waals surface area (Å²) >= 11 is 0. The van der Waals surface area contributed by atoms with E-state index in [1.807, 2.05) is 44.2 Å². The molecule has 0 spiro atoms. The molecule has 0 aliphatic carbocycles. The minimum atomic E-state index is -0.0367. The van der Waals surface area contributed by atoms with Crippen LogP contribution in [-0.2, 0) is 6.54 Å². The zero-order valence-electron chi connectivity index (χ0n) is 15.2. The van der Waals surface area contributed by atoms with Crippen LogP contribution in [0.5, 0.6) is 0 Å². The summed E-state index contributed by atoms with van der Waals surface area (Å²) in [5.74, 6) is 0.845. The summed E-state index contributed by atoms with van der Waals surface area (Å²) in [5.41, 5.74) is 3.72. The molecule has 136 valence electrons. The predicted octanol–water partition coefficient (Wildman–Crippen LogP) is 3.17. The highest BCUT2D eigenvalue weighted by atomic mass is 16.5. The predicted molar refractivity (Wildman–Crippen MR) is 100 cm³/mol. The number of aromatic nitrogens is 2. The van der Waals surface area contributed by atoms with Crippen molar-refractivity contribution in [3.63, 3.8) is 0 Å². The van der Waals surface area contributed by atoms with Crippen molar-refractivity contribution >= 4 is 16.8 Å². The molecule has 1 aliphatic heterocycles. The third-order valence-electron chi connectivity index (χ3n) is 5.18. The number of carbonyl (C=O) groups excluding carboxylic acids is 1. The lowest BCUT2D eigenvalue weighted by Gasteiger charge is -2.33. The Kier molecular flexibility index (Phi) is 4.51. The molecule has 0 bridgehead atoms. The van der Waals surface area contributed by atoms with Crippen LogP contribution < -0.4 is 5.32 Å². The Bertz CT molecular complexity index is 874. The van der Waals surface area contributed by atoms with E-state index in [9.17, 15) is 4.79 Å². The van der Waals surface area contributed by atoms with E-state index in [0.29, 0.717) is 5.69 Å². The Labute approximate surface area is 152 Å². The van der Waals surface area contributed by atoms with Crippen molar-refractivity contribution in [3.05, 3.63) is 53.0 Å². The van der Waals surface area contributed by atoms with Gasteiger partial charge in [0.15, 0.2) is 0 Å². The van der Waals surface area contributed by atoms with Crippen LogP contribution in [0.2, 0.25) is 0 Å². The van der Waals surface area contributed by atoms with Crippen molar-refractivity contribution in [1.29, 1.82) is 0 Å². The molecule has 6 heteroatoms. The van der Waals surface area contributed by atoms with Gasteiger partial charge in [-0.3, -0.25) is 9.69 Å². The Hall–Kier alpha value is -2.60. The van der Waals surface area contributed by atoms with Crippen LogP contribution in [0.15, 0.2) is 34.9 Å². The van der Waals surface area contributed by atoms with Crippen LogP contribution in [0.4, 0.5) is 0 Å². The summed E-state index contributed by atoms with van der Waals surface area (Å²) in [6.07, 6.45) is 2.07. The summed E-state index contributed by atoms with van der Waals surface area (Å²) in [6, 6.07) is 10.0. The van der Waals surface area contributed by atoms with Gasteiger partial charge in [-0.2, -0.15) is 0 Å². The van der Waals surface area contributed by atoms with Gasteiger partial charge in [-0.05, 0) is 45.4 Å². The van der Waals surface area contributed by atoms with Gasteiger partial charge >= 0.3 is 0 Å². The van der Waals surface area contributed by atoms with E-state index >= 15 is 0 Å². The quantitative estimate of drug-likeness (QED) is 0.756. The summed E-state index contributed by atoms with van der Waals surface area (Å²) in [5, 5.41) is 8.27. The molecule has 3 heterocycles. The van der Waals surface area contributed by atoms with E-state index in [0.717, 1.165) is 60.4 Å². The number of carbonyl (C=O) groups is 1. The zero-order valence-corrected chi connectivity index (χ0v) is 15.2. The smallest absolute Gasteiger partial charge is 0.267 e. The highest BCUT2D eigenvalue weighted by Crippen LogP contribution is 2.19. The standard InChI is InChI=1S/C20H24N4O2/c1-13-17(14(2)26-23-13)12-24-9-5-7-16(11-24)21-20(25)19-10-15-6-3-4-8-18(15)22-19/h3-4,6,8,10,16,22H,5,7,9,11-12H2,1-2H3,(H,21,25)/t16-/m1/s1. The van der Waals surface area contributed by atoms with Crippen molar-refractivity contribution < 1.29 is 9.32 Å². The number of para-hydroxylation sites is 1. The van der Waals surface area contributed by atoms with Gasteiger partial charge in [-0.1, -0.05) is 23.4 Å². The molecule has 0 unspecified atom stereocenters. The molecule has 2 N–H and O–H groups in total. The van der Waals surface area contributed by atoms with E-state index in [4.69, 9.17) is 4.52 Å². The highest BCUT2D eigenvalue weighted by molar-refractivity contribution is 5.98. The molecule has 0 radical (unpaired) electrons. The van der Waals surface area contributed by atoms with Crippen LogP contribution in [0, 0.1) is 13.8 Å². The topological polar surface area (TPSA) is 74.2 Å². The van der Waals surface area contributed by atoms with Gasteiger partial charge in [0.1, 0.15) is 11.5 Å². The maximum atomic E-state index is 12.6. The molecule has 4 rings (SSSR count). The van der Waals surface area contributed by atoms with Crippen molar-refractivity contribution in [2.75, 3.05) is 13.1 Å². The van der Waals surface area contributed by atoms with Gasteiger partial charge in [0.05, 0.1) is 5.69 Å². The van der Waals surface area contributed by atoms with Crippen molar-refractivity contribution in [1.82, 2.24) is 20.4 Å². The number of benzene rings is 1. The lowest BCUT2D eigenvalue weighted by Crippen LogP contribution is -2.47. The lowest BCUT2D eigenvalue weighted by atomic mass is 10.0. The Morgan fingerprint density at radius 1 is 1.38 bits per heavy atom. The first kappa shape index (κ1) is 16.8. The fourth-order valence-corrected chi connectivity index (χ4v) is 3.73.